The molecule has 1 saturated carbocycles. The molecule has 2 rings (SSSR count). The fourth-order valence-electron chi connectivity index (χ4n) is 2.16. The monoisotopic (exact) mass is 347 g/mol. The van der Waals surface area contributed by atoms with Gasteiger partial charge < -0.3 is 10.3 Å². The van der Waals surface area contributed by atoms with Crippen molar-refractivity contribution in [3.63, 3.8) is 0 Å². The first-order valence-electron chi connectivity index (χ1n) is 7.13. The van der Waals surface area contributed by atoms with Gasteiger partial charge in [-0.1, -0.05) is 36.0 Å². The van der Waals surface area contributed by atoms with Crippen LogP contribution in [0.15, 0.2) is 27.9 Å². The summed E-state index contributed by atoms with van der Waals surface area (Å²) in [5.74, 6) is -0.871. The van der Waals surface area contributed by atoms with Gasteiger partial charge in [-0.2, -0.15) is 0 Å². The van der Waals surface area contributed by atoms with Gasteiger partial charge in [0.15, 0.2) is 5.78 Å². The van der Waals surface area contributed by atoms with Gasteiger partial charge in [-0.05, 0) is 25.0 Å². The van der Waals surface area contributed by atoms with Crippen molar-refractivity contribution in [3.05, 3.63) is 22.8 Å². The van der Waals surface area contributed by atoms with Crippen LogP contribution in [0.25, 0.3) is 0 Å². The molecular formula is C15H19Cl2NO4. The number of nitrogens with zero attached hydrogens (tertiary/aromatic N) is 1. The van der Waals surface area contributed by atoms with E-state index in [1.165, 1.54) is 25.0 Å². The molecule has 2 aliphatic rings. The Bertz CT molecular complexity index is 512. The van der Waals surface area contributed by atoms with Crippen molar-refractivity contribution < 1.29 is 19.9 Å². The summed E-state index contributed by atoms with van der Waals surface area (Å²) in [6.45, 7) is 0. The lowest BCUT2D eigenvalue weighted by Gasteiger charge is -2.11. The van der Waals surface area contributed by atoms with Gasteiger partial charge in [-0.15, -0.1) is 11.6 Å². The van der Waals surface area contributed by atoms with Gasteiger partial charge in [0.1, 0.15) is 0 Å². The second kappa shape index (κ2) is 9.64. The molecule has 0 radical (unpaired) electrons. The van der Waals surface area contributed by atoms with Crippen LogP contribution < -0.4 is 0 Å². The van der Waals surface area contributed by atoms with Gasteiger partial charge in [-0.25, -0.2) is 4.79 Å². The van der Waals surface area contributed by atoms with E-state index in [1.807, 2.05) is 0 Å². The summed E-state index contributed by atoms with van der Waals surface area (Å²) in [6.07, 6.45) is 9.15. The molecular weight excluding hydrogens is 329 g/mol. The number of carbonyl (C=O) groups is 2. The number of carboxylic acid groups (broad SMARTS) is 1. The van der Waals surface area contributed by atoms with Gasteiger partial charge in [0, 0.05) is 17.9 Å². The van der Waals surface area contributed by atoms with Crippen molar-refractivity contribution in [3.8, 4) is 0 Å². The number of carboxylic acids is 1. The molecule has 2 aliphatic carbocycles. The number of alkyl halides is 1. The quantitative estimate of drug-likeness (QED) is 0.428. The van der Waals surface area contributed by atoms with E-state index in [9.17, 15) is 9.59 Å². The topological polar surface area (TPSA) is 87.0 Å². The summed E-state index contributed by atoms with van der Waals surface area (Å²) in [5, 5.41) is 20.1. The number of hydrogen-bond donors (Lipinski definition) is 2. The Morgan fingerprint density at radius 3 is 2.55 bits per heavy atom. The molecule has 1 atom stereocenters. The van der Waals surface area contributed by atoms with E-state index in [0.29, 0.717) is 11.5 Å². The highest BCUT2D eigenvalue weighted by atomic mass is 35.5. The summed E-state index contributed by atoms with van der Waals surface area (Å²) >= 11 is 11.4. The van der Waals surface area contributed by atoms with Crippen LogP contribution in [0, 0.1) is 0 Å². The van der Waals surface area contributed by atoms with Crippen LogP contribution in [0.5, 0.6) is 0 Å². The minimum Gasteiger partial charge on any atom is -0.478 e. The standard InChI is InChI=1S/C8H13ClO.C7H6ClNO3/c9-7-5-3-1-2-4-6-8(7)10;8-4-1-2-5(7(10)11)6(3-4)9-12/h7H,1-6H2;1-2,12H,3H2,(H,10,11). The number of ketones is 1. The summed E-state index contributed by atoms with van der Waals surface area (Å²) in [6, 6.07) is 0. The molecule has 1 unspecified atom stereocenters. The third-order valence-corrected chi connectivity index (χ3v) is 4.13. The number of allylic oxidation sites excluding steroid dienone is 3. The molecule has 0 amide bonds. The maximum atomic E-state index is 11.0. The molecule has 0 spiro atoms. The summed E-state index contributed by atoms with van der Waals surface area (Å²) in [5.41, 5.74) is 0.0527. The van der Waals surface area contributed by atoms with Crippen LogP contribution in [0.1, 0.15) is 44.9 Å². The lowest BCUT2D eigenvalue weighted by atomic mass is 10.00. The summed E-state index contributed by atoms with van der Waals surface area (Å²) in [4.78, 5) is 21.5. The van der Waals surface area contributed by atoms with E-state index in [4.69, 9.17) is 33.5 Å². The smallest absolute Gasteiger partial charge is 0.337 e. The largest absolute Gasteiger partial charge is 0.478 e. The zero-order valence-electron chi connectivity index (χ0n) is 12.1. The lowest BCUT2D eigenvalue weighted by Crippen LogP contribution is -2.15. The average Bonchev–Trinajstić information content (AvgIpc) is 2.48. The highest BCUT2D eigenvalue weighted by Crippen LogP contribution is 2.19. The molecule has 0 aromatic rings. The Morgan fingerprint density at radius 2 is 1.91 bits per heavy atom. The van der Waals surface area contributed by atoms with E-state index in [-0.39, 0.29) is 28.9 Å². The van der Waals surface area contributed by atoms with Crippen molar-refractivity contribution >= 4 is 40.7 Å². The van der Waals surface area contributed by atoms with Gasteiger partial charge >= 0.3 is 5.97 Å². The van der Waals surface area contributed by atoms with Crippen molar-refractivity contribution in [2.24, 2.45) is 5.16 Å². The second-order valence-electron chi connectivity index (χ2n) is 5.11. The SMILES string of the molecule is O=C(O)C1=CC=C(Cl)CC1=NO.O=C1CCCCCCC1Cl. The van der Waals surface area contributed by atoms with Gasteiger partial charge in [0.25, 0.3) is 0 Å². The fourth-order valence-corrected chi connectivity index (χ4v) is 2.61. The predicted octanol–water partition coefficient (Wildman–Crippen LogP) is 3.87. The number of hydrogen-bond acceptors (Lipinski definition) is 4. The predicted molar refractivity (Wildman–Crippen MR) is 85.8 cm³/mol. The molecule has 0 heterocycles. The van der Waals surface area contributed by atoms with Gasteiger partial charge in [0.2, 0.25) is 0 Å². The number of carbonyl (C=O) groups excluding carboxylic acids is 1. The van der Waals surface area contributed by atoms with Crippen LogP contribution in [0.3, 0.4) is 0 Å². The van der Waals surface area contributed by atoms with Crippen LogP contribution in [-0.2, 0) is 9.59 Å². The minimum absolute atomic E-state index is 0.0260. The van der Waals surface area contributed by atoms with Crippen molar-refractivity contribution in [2.45, 2.75) is 50.3 Å². The van der Waals surface area contributed by atoms with Crippen LogP contribution in [-0.4, -0.2) is 33.2 Å². The maximum absolute atomic E-state index is 11.0. The fraction of sp³-hybridized carbons (Fsp3) is 0.533. The number of aliphatic carboxylic acids is 1. The van der Waals surface area contributed by atoms with Crippen LogP contribution >= 0.6 is 23.2 Å². The summed E-state index contributed by atoms with van der Waals surface area (Å²) in [7, 11) is 0. The van der Waals surface area contributed by atoms with Crippen LogP contribution in [0.2, 0.25) is 0 Å². The first-order chi connectivity index (χ1) is 10.5. The highest BCUT2D eigenvalue weighted by molar-refractivity contribution is 6.34. The van der Waals surface area contributed by atoms with E-state index in [0.717, 1.165) is 19.3 Å². The van der Waals surface area contributed by atoms with Crippen LogP contribution in [0.4, 0.5) is 0 Å². The molecule has 0 saturated heterocycles. The zero-order valence-corrected chi connectivity index (χ0v) is 13.6. The Kier molecular flexibility index (Phi) is 8.20. The minimum atomic E-state index is -1.12. The number of halogens is 2. The molecule has 2 N–H and O–H groups in total. The highest BCUT2D eigenvalue weighted by Gasteiger charge is 2.19. The molecule has 0 bridgehead atoms. The average molecular weight is 348 g/mol. The number of oxime groups is 1. The van der Waals surface area contributed by atoms with Crippen molar-refractivity contribution in [2.75, 3.05) is 0 Å². The molecule has 1 fully saturated rings. The van der Waals surface area contributed by atoms with E-state index < -0.39 is 5.97 Å². The molecule has 0 aliphatic heterocycles. The first kappa shape index (κ1) is 18.7. The van der Waals surface area contributed by atoms with E-state index in [2.05, 4.69) is 5.16 Å². The van der Waals surface area contributed by atoms with Gasteiger partial charge in [-0.3, -0.25) is 4.79 Å². The maximum Gasteiger partial charge on any atom is 0.337 e. The Labute approximate surface area is 139 Å². The van der Waals surface area contributed by atoms with Crippen molar-refractivity contribution in [1.29, 1.82) is 0 Å². The summed E-state index contributed by atoms with van der Waals surface area (Å²) < 4.78 is 0. The Balaban J connectivity index is 0.000000224. The Hall–Kier alpha value is -1.33. The number of Topliss-reactive ketones (excluding diaryl/α,β-unsaturated/α-hetero) is 1. The normalized spacial score (nSPS) is 24.4. The van der Waals surface area contributed by atoms with Gasteiger partial charge in [0.05, 0.1) is 16.7 Å². The van der Waals surface area contributed by atoms with Crippen molar-refractivity contribution in [1.82, 2.24) is 0 Å². The third-order valence-electron chi connectivity index (χ3n) is 3.41. The molecule has 0 aromatic heterocycles. The molecule has 5 nitrogen and oxygen atoms in total. The second-order valence-corrected chi connectivity index (χ2v) is 6.12. The third kappa shape index (κ3) is 6.20. The molecule has 0 aromatic carbocycles. The number of rotatable bonds is 1. The van der Waals surface area contributed by atoms with E-state index >= 15 is 0 Å². The molecule has 7 heteroatoms. The molecule has 122 valence electrons. The van der Waals surface area contributed by atoms with E-state index in [1.54, 1.807) is 0 Å². The first-order valence-corrected chi connectivity index (χ1v) is 7.95. The lowest BCUT2D eigenvalue weighted by molar-refractivity contribution is -0.132. The zero-order chi connectivity index (χ0) is 16.5. The Morgan fingerprint density at radius 1 is 1.23 bits per heavy atom. The molecule has 22 heavy (non-hydrogen) atoms.